The molecule has 4 heteroatoms. The van der Waals surface area contributed by atoms with E-state index in [9.17, 15) is 0 Å². The van der Waals surface area contributed by atoms with Crippen LogP contribution in [0.4, 0.5) is 0 Å². The normalized spacial score (nSPS) is 11.8. The molecule has 0 bridgehead atoms. The third kappa shape index (κ3) is 26.5. The van der Waals surface area contributed by atoms with Crippen LogP contribution in [0.3, 0.4) is 0 Å². The van der Waals surface area contributed by atoms with Crippen LogP contribution in [0.1, 0.15) is 0 Å². The van der Waals surface area contributed by atoms with E-state index in [1.54, 1.807) is 0 Å². The summed E-state index contributed by atoms with van der Waals surface area (Å²) in [5, 5.41) is 0. The monoisotopic (exact) mass is 234 g/mol. The van der Waals surface area contributed by atoms with E-state index in [1.807, 2.05) is 0 Å². The summed E-state index contributed by atoms with van der Waals surface area (Å²) in [7, 11) is 0. The Balaban J connectivity index is 3.02. The number of alkyl halides is 3. The van der Waals surface area contributed by atoms with Gasteiger partial charge in [0.1, 0.15) is 0 Å². The zero-order valence-corrected chi connectivity index (χ0v) is 10.6. The molecule has 0 heterocycles. The van der Waals surface area contributed by atoms with Gasteiger partial charge in [-0.25, -0.2) is 0 Å². The first-order valence-corrected chi connectivity index (χ1v) is 5.05. The number of hydrogen-bond acceptors (Lipinski definition) is 0. The molecule has 0 aromatic carbocycles. The summed E-state index contributed by atoms with van der Waals surface area (Å²) in [4.78, 5) is 0. The van der Waals surface area contributed by atoms with Gasteiger partial charge in [0.2, 0.25) is 0 Å². The third-order valence-electron chi connectivity index (χ3n) is 0. The van der Waals surface area contributed by atoms with E-state index in [1.165, 1.54) is 0 Å². The maximum atomic E-state index is 5.15. The Morgan fingerprint density at radius 3 is 1.20 bits per heavy atom. The molecule has 0 saturated heterocycles. The Morgan fingerprint density at radius 2 is 1.20 bits per heavy atom. The van der Waals surface area contributed by atoms with Crippen LogP contribution in [-0.2, 0) is 0 Å². The predicted octanol–water partition coefficient (Wildman–Crippen LogP) is 0.947. The van der Waals surface area contributed by atoms with E-state index in [0.717, 1.165) is 0 Å². The predicted molar refractivity (Wildman–Crippen MR) is 28.8 cm³/mol. The van der Waals surface area contributed by atoms with Crippen LogP contribution in [-0.4, -0.2) is 25.9 Å². The Kier molecular flexibility index (Phi) is 2.90. The average molecular weight is 235 g/mol. The Morgan fingerprint density at radius 1 is 1.20 bits per heavy atom. The Bertz CT molecular complexity index is 22.4. The fourth-order valence-electron chi connectivity index (χ4n) is 0. The molecule has 0 aliphatic carbocycles. The van der Waals surface area contributed by atoms with Crippen molar-refractivity contribution in [2.45, 2.75) is 1.55 Å². The molecule has 0 saturated carbocycles. The molecule has 0 aliphatic heterocycles. The maximum absolute atomic E-state index is 5.15. The van der Waals surface area contributed by atoms with E-state index in [0.29, 0.717) is 0 Å². The number of hydrogen-bond donors (Lipinski definition) is 0. The minimum atomic E-state index is -0.873. The first kappa shape index (κ1) is 6.74. The van der Waals surface area contributed by atoms with E-state index in [4.69, 9.17) is 34.8 Å². The van der Waals surface area contributed by atoms with Crippen LogP contribution in [0.2, 0.25) is 0 Å². The van der Waals surface area contributed by atoms with Crippen molar-refractivity contribution in [3.05, 3.63) is 0 Å². The molecular weight excluding hydrogens is 233 g/mol. The molecule has 0 fully saturated rings. The van der Waals surface area contributed by atoms with Gasteiger partial charge in [0.05, 0.1) is 0 Å². The van der Waals surface area contributed by atoms with Crippen molar-refractivity contribution in [1.29, 1.82) is 0 Å². The molecule has 0 atom stereocenters. The molecule has 0 amide bonds. The fourth-order valence-corrected chi connectivity index (χ4v) is 0. The molecule has 0 aromatic rings. The van der Waals surface area contributed by atoms with Crippen molar-refractivity contribution in [2.24, 2.45) is 0 Å². The van der Waals surface area contributed by atoms with Crippen molar-refractivity contribution < 1.29 is 0 Å². The summed E-state index contributed by atoms with van der Waals surface area (Å²) in [5.74, 6) is 0. The van der Waals surface area contributed by atoms with Gasteiger partial charge in [-0.1, -0.05) is 0 Å². The van der Waals surface area contributed by atoms with Crippen molar-refractivity contribution in [3.63, 3.8) is 0 Å². The van der Waals surface area contributed by atoms with Crippen molar-refractivity contribution in [1.82, 2.24) is 0 Å². The van der Waals surface area contributed by atoms with Crippen LogP contribution in [0.15, 0.2) is 0 Å². The molecular formula is CH2Cl3In. The molecule has 0 rings (SSSR count). The quantitative estimate of drug-likeness (QED) is 0.548. The molecule has 0 unspecified atom stereocenters. The molecule has 0 aliphatic rings. The van der Waals surface area contributed by atoms with Crippen LogP contribution in [0, 0.1) is 0 Å². The van der Waals surface area contributed by atoms with Crippen molar-refractivity contribution >= 4 is 59.2 Å². The summed E-state index contributed by atoms with van der Waals surface area (Å²) in [6.45, 7) is 0. The minimum absolute atomic E-state index is 0.154. The van der Waals surface area contributed by atoms with E-state index in [-0.39, 0.29) is 24.4 Å². The summed E-state index contributed by atoms with van der Waals surface area (Å²) in [5.41, 5.74) is 0. The van der Waals surface area contributed by atoms with Gasteiger partial charge < -0.3 is 0 Å². The van der Waals surface area contributed by atoms with Gasteiger partial charge in [0.15, 0.2) is 0 Å². The van der Waals surface area contributed by atoms with Gasteiger partial charge in [-0.05, 0) is 0 Å². The summed E-state index contributed by atoms with van der Waals surface area (Å²) < 4.78 is -0.873. The Hall–Kier alpha value is 1.74. The SMILES string of the molecule is Cl[C](Cl)(Cl)[InH2]. The van der Waals surface area contributed by atoms with Crippen LogP contribution < -0.4 is 0 Å². The second-order valence-corrected chi connectivity index (χ2v) is 13.3. The van der Waals surface area contributed by atoms with Gasteiger partial charge in [-0.2, -0.15) is 0 Å². The average Bonchev–Trinajstić information content (AvgIpc) is 0.722. The summed E-state index contributed by atoms with van der Waals surface area (Å²) >= 11 is 15.6. The van der Waals surface area contributed by atoms with Crippen molar-refractivity contribution in [2.75, 3.05) is 0 Å². The van der Waals surface area contributed by atoms with Crippen molar-refractivity contribution in [3.8, 4) is 0 Å². The number of halogens is 3. The molecule has 0 aromatic heterocycles. The zero-order valence-electron chi connectivity index (χ0n) is 2.63. The topological polar surface area (TPSA) is 0 Å². The Labute approximate surface area is 60.3 Å². The number of rotatable bonds is 0. The van der Waals surface area contributed by atoms with Gasteiger partial charge in [-0.15, -0.1) is 0 Å². The molecule has 0 spiro atoms. The van der Waals surface area contributed by atoms with Crippen LogP contribution in [0.25, 0.3) is 0 Å². The van der Waals surface area contributed by atoms with Gasteiger partial charge >= 0.3 is 60.7 Å². The standard InChI is InChI=1S/CCl3.In.2H/c2-1(3)4;;;. The second-order valence-electron chi connectivity index (χ2n) is 0.781. The van der Waals surface area contributed by atoms with Gasteiger partial charge in [0.25, 0.3) is 0 Å². The van der Waals surface area contributed by atoms with E-state index < -0.39 is 1.55 Å². The zero-order chi connectivity index (χ0) is 4.50. The van der Waals surface area contributed by atoms with Gasteiger partial charge in [0, 0.05) is 0 Å². The molecule has 5 heavy (non-hydrogen) atoms. The second kappa shape index (κ2) is 2.15. The van der Waals surface area contributed by atoms with E-state index >= 15 is 0 Å². The molecule has 0 N–H and O–H groups in total. The van der Waals surface area contributed by atoms with Gasteiger partial charge in [-0.3, -0.25) is 0 Å². The third-order valence-corrected chi connectivity index (χ3v) is 0. The summed E-state index contributed by atoms with van der Waals surface area (Å²) in [6.07, 6.45) is 0. The molecule has 0 nitrogen and oxygen atoms in total. The van der Waals surface area contributed by atoms with E-state index in [2.05, 4.69) is 0 Å². The molecule has 30 valence electrons. The summed E-state index contributed by atoms with van der Waals surface area (Å²) in [6, 6.07) is 0. The first-order valence-electron chi connectivity index (χ1n) is 1.07. The fraction of sp³-hybridized carbons (Fsp3) is 1.00. The van der Waals surface area contributed by atoms with Crippen LogP contribution in [0.5, 0.6) is 0 Å². The first-order chi connectivity index (χ1) is 2.00. The van der Waals surface area contributed by atoms with Crippen LogP contribution >= 0.6 is 34.8 Å². The molecule has 0 radical (unpaired) electrons.